The number of hydrogen-bond donors (Lipinski definition) is 3. The average molecular weight is 301 g/mol. The molecule has 0 bridgehead atoms. The molecule has 0 aromatic heterocycles. The highest BCUT2D eigenvalue weighted by Gasteiger charge is 2.29. The first-order valence-electron chi connectivity index (χ1n) is 5.89. The lowest BCUT2D eigenvalue weighted by molar-refractivity contribution is 0.0691. The van der Waals surface area contributed by atoms with Crippen LogP contribution >= 0.6 is 0 Å². The number of phenols is 2. The van der Waals surface area contributed by atoms with E-state index in [1.54, 1.807) is 0 Å². The Morgan fingerprint density at radius 2 is 1.60 bits per heavy atom. The van der Waals surface area contributed by atoms with Crippen molar-refractivity contribution in [1.29, 1.82) is 0 Å². The Kier molecular flexibility index (Phi) is 3.84. The summed E-state index contributed by atoms with van der Waals surface area (Å²) in [5.74, 6) is -1.18. The van der Waals surface area contributed by atoms with E-state index in [0.717, 1.165) is 4.31 Å². The van der Waals surface area contributed by atoms with E-state index in [1.165, 1.54) is 23.1 Å². The van der Waals surface area contributed by atoms with Crippen LogP contribution in [-0.2, 0) is 10.2 Å². The van der Waals surface area contributed by atoms with Gasteiger partial charge >= 0.3 is 0 Å². The number of phenolic OH excluding ortho intramolecular Hbond substituents is 2. The van der Waals surface area contributed by atoms with E-state index in [2.05, 4.69) is 0 Å². The van der Waals surface area contributed by atoms with Crippen molar-refractivity contribution in [2.24, 2.45) is 5.14 Å². The largest absolute Gasteiger partial charge is 0.507 e. The normalized spacial score (nSPS) is 17.1. The van der Waals surface area contributed by atoms with Crippen LogP contribution in [0.15, 0.2) is 18.2 Å². The van der Waals surface area contributed by atoms with Crippen LogP contribution in [0.1, 0.15) is 10.4 Å². The molecule has 1 amide bonds. The molecule has 1 fully saturated rings. The van der Waals surface area contributed by atoms with Gasteiger partial charge in [-0.05, 0) is 12.1 Å². The topological polar surface area (TPSA) is 124 Å². The highest BCUT2D eigenvalue weighted by atomic mass is 32.2. The van der Waals surface area contributed by atoms with Crippen LogP contribution in [0.5, 0.6) is 11.5 Å². The van der Waals surface area contributed by atoms with Gasteiger partial charge in [0.05, 0.1) is 0 Å². The highest BCUT2D eigenvalue weighted by Crippen LogP contribution is 2.28. The second kappa shape index (κ2) is 5.27. The zero-order chi connectivity index (χ0) is 14.9. The van der Waals surface area contributed by atoms with E-state index >= 15 is 0 Å². The number of rotatable bonds is 2. The number of piperazine rings is 1. The van der Waals surface area contributed by atoms with E-state index in [0.29, 0.717) is 0 Å². The van der Waals surface area contributed by atoms with Gasteiger partial charge in [-0.2, -0.15) is 12.7 Å². The number of benzene rings is 1. The van der Waals surface area contributed by atoms with Crippen molar-refractivity contribution < 1.29 is 23.4 Å². The van der Waals surface area contributed by atoms with Gasteiger partial charge in [0.1, 0.15) is 17.1 Å². The van der Waals surface area contributed by atoms with Crippen molar-refractivity contribution in [3.63, 3.8) is 0 Å². The zero-order valence-electron chi connectivity index (χ0n) is 10.6. The number of aromatic hydroxyl groups is 2. The molecule has 0 atom stereocenters. The molecule has 0 spiro atoms. The zero-order valence-corrected chi connectivity index (χ0v) is 11.4. The summed E-state index contributed by atoms with van der Waals surface area (Å²) in [6, 6.07) is 4.02. The van der Waals surface area contributed by atoms with Crippen LogP contribution in [0, 0.1) is 0 Å². The lowest BCUT2D eigenvalue weighted by Crippen LogP contribution is -2.52. The summed E-state index contributed by atoms with van der Waals surface area (Å²) in [6.45, 7) is 0.448. The number of nitrogens with zero attached hydrogens (tertiary/aromatic N) is 2. The van der Waals surface area contributed by atoms with Gasteiger partial charge in [0, 0.05) is 26.2 Å². The van der Waals surface area contributed by atoms with E-state index in [4.69, 9.17) is 5.14 Å². The fourth-order valence-corrected chi connectivity index (χ4v) is 2.72. The number of carbonyl (C=O) groups is 1. The molecule has 1 aliphatic heterocycles. The monoisotopic (exact) mass is 301 g/mol. The summed E-state index contributed by atoms with van der Waals surface area (Å²) < 4.78 is 23.4. The lowest BCUT2D eigenvalue weighted by Gasteiger charge is -2.33. The van der Waals surface area contributed by atoms with E-state index in [1.807, 2.05) is 0 Å². The first kappa shape index (κ1) is 14.6. The van der Waals surface area contributed by atoms with Crippen LogP contribution in [0.3, 0.4) is 0 Å². The Morgan fingerprint density at radius 1 is 1.10 bits per heavy atom. The van der Waals surface area contributed by atoms with Crippen LogP contribution in [0.2, 0.25) is 0 Å². The minimum Gasteiger partial charge on any atom is -0.507 e. The molecule has 1 aromatic carbocycles. The first-order chi connectivity index (χ1) is 9.30. The van der Waals surface area contributed by atoms with Crippen molar-refractivity contribution in [1.82, 2.24) is 9.21 Å². The molecular weight excluding hydrogens is 286 g/mol. The quantitative estimate of drug-likeness (QED) is 0.650. The van der Waals surface area contributed by atoms with Crippen LogP contribution < -0.4 is 5.14 Å². The average Bonchev–Trinajstić information content (AvgIpc) is 2.37. The van der Waals surface area contributed by atoms with Gasteiger partial charge in [0.15, 0.2) is 0 Å². The van der Waals surface area contributed by atoms with Gasteiger partial charge in [-0.25, -0.2) is 5.14 Å². The van der Waals surface area contributed by atoms with Crippen molar-refractivity contribution in [3.05, 3.63) is 23.8 Å². The van der Waals surface area contributed by atoms with Gasteiger partial charge in [0.25, 0.3) is 16.1 Å². The predicted molar refractivity (Wildman–Crippen MR) is 70.4 cm³/mol. The number of carbonyl (C=O) groups excluding carboxylic acids is 1. The highest BCUT2D eigenvalue weighted by molar-refractivity contribution is 7.86. The van der Waals surface area contributed by atoms with Crippen molar-refractivity contribution >= 4 is 16.1 Å². The molecule has 0 aliphatic carbocycles. The second-order valence-electron chi connectivity index (χ2n) is 4.41. The van der Waals surface area contributed by atoms with Gasteiger partial charge < -0.3 is 15.1 Å². The molecule has 4 N–H and O–H groups in total. The summed E-state index contributed by atoms with van der Waals surface area (Å²) >= 11 is 0. The summed E-state index contributed by atoms with van der Waals surface area (Å²) in [5, 5.41) is 24.3. The standard InChI is InChI=1S/C11H15N3O5S/c12-20(18,19)14-6-4-13(5-7-14)11(17)10-8(15)2-1-3-9(10)16/h1-3,15-16H,4-7H2,(H2,12,18,19). The molecule has 1 heterocycles. The summed E-state index contributed by atoms with van der Waals surface area (Å²) in [7, 11) is -3.76. The molecule has 0 saturated carbocycles. The fraction of sp³-hybridized carbons (Fsp3) is 0.364. The Bertz CT molecular complexity index is 603. The summed E-state index contributed by atoms with van der Waals surface area (Å²) in [5.41, 5.74) is -0.184. The predicted octanol–water partition coefficient (Wildman–Crippen LogP) is -0.941. The maximum atomic E-state index is 12.2. The van der Waals surface area contributed by atoms with Crippen LogP contribution in [0.25, 0.3) is 0 Å². The minimum absolute atomic E-state index is 0.0823. The molecule has 2 rings (SSSR count). The van der Waals surface area contributed by atoms with E-state index in [9.17, 15) is 23.4 Å². The van der Waals surface area contributed by atoms with Gasteiger partial charge in [-0.1, -0.05) is 6.07 Å². The fourth-order valence-electron chi connectivity index (χ4n) is 2.05. The molecule has 9 heteroatoms. The van der Waals surface area contributed by atoms with Gasteiger partial charge in [0.2, 0.25) is 0 Å². The van der Waals surface area contributed by atoms with Crippen molar-refractivity contribution in [2.45, 2.75) is 0 Å². The third kappa shape index (κ3) is 2.84. The molecule has 1 aliphatic rings. The smallest absolute Gasteiger partial charge is 0.277 e. The van der Waals surface area contributed by atoms with E-state index in [-0.39, 0.29) is 43.2 Å². The maximum absolute atomic E-state index is 12.2. The second-order valence-corrected chi connectivity index (χ2v) is 5.95. The Morgan fingerprint density at radius 3 is 2.05 bits per heavy atom. The molecule has 1 saturated heterocycles. The minimum atomic E-state index is -3.76. The maximum Gasteiger partial charge on any atom is 0.277 e. The summed E-state index contributed by atoms with van der Waals surface area (Å²) in [6.07, 6.45) is 0. The number of amides is 1. The van der Waals surface area contributed by atoms with Crippen LogP contribution in [0.4, 0.5) is 0 Å². The Labute approximate surface area is 116 Å². The summed E-state index contributed by atoms with van der Waals surface area (Å²) in [4.78, 5) is 13.6. The molecule has 20 heavy (non-hydrogen) atoms. The first-order valence-corrected chi connectivity index (χ1v) is 7.39. The lowest BCUT2D eigenvalue weighted by atomic mass is 10.1. The number of nitrogens with two attached hydrogens (primary N) is 1. The number of hydrogen-bond acceptors (Lipinski definition) is 5. The van der Waals surface area contributed by atoms with Gasteiger partial charge in [-0.15, -0.1) is 0 Å². The third-order valence-corrected chi connectivity index (χ3v) is 4.21. The molecule has 1 aromatic rings. The molecule has 0 radical (unpaired) electrons. The Hall–Kier alpha value is -1.84. The third-order valence-electron chi connectivity index (χ3n) is 3.12. The molecular formula is C11H15N3O5S. The van der Waals surface area contributed by atoms with Gasteiger partial charge in [-0.3, -0.25) is 4.79 Å². The van der Waals surface area contributed by atoms with E-state index < -0.39 is 16.1 Å². The van der Waals surface area contributed by atoms with Crippen molar-refractivity contribution in [2.75, 3.05) is 26.2 Å². The Balaban J connectivity index is 2.13. The van der Waals surface area contributed by atoms with Crippen LogP contribution in [-0.4, -0.2) is 59.9 Å². The SMILES string of the molecule is NS(=O)(=O)N1CCN(C(=O)c2c(O)cccc2O)CC1. The molecule has 8 nitrogen and oxygen atoms in total. The molecule has 110 valence electrons. The molecule has 0 unspecified atom stereocenters. The van der Waals surface area contributed by atoms with Crippen molar-refractivity contribution in [3.8, 4) is 11.5 Å².